The smallest absolute Gasteiger partial charge is 0.230 e. The van der Waals surface area contributed by atoms with E-state index in [4.69, 9.17) is 9.26 Å². The third-order valence-corrected chi connectivity index (χ3v) is 2.85. The standard InChI is InChI=1S/C11H16N2O2/c1-11(2,14-3)10-12-9(15-13-10)8-6-4-5-7-8/h4-5,8H,6-7H2,1-3H3. The molecule has 82 valence electrons. The van der Waals surface area contributed by atoms with E-state index in [-0.39, 0.29) is 0 Å². The second kappa shape index (κ2) is 3.77. The summed E-state index contributed by atoms with van der Waals surface area (Å²) in [6.07, 6.45) is 6.29. The van der Waals surface area contributed by atoms with Crippen LogP contribution < -0.4 is 0 Å². The van der Waals surface area contributed by atoms with Crippen molar-refractivity contribution in [2.24, 2.45) is 0 Å². The van der Waals surface area contributed by atoms with Crippen molar-refractivity contribution in [3.05, 3.63) is 23.9 Å². The molecule has 0 N–H and O–H groups in total. The molecule has 0 unspecified atom stereocenters. The molecule has 0 spiro atoms. The lowest BCUT2D eigenvalue weighted by atomic mass is 10.1. The van der Waals surface area contributed by atoms with Crippen molar-refractivity contribution >= 4 is 0 Å². The molecule has 1 aliphatic carbocycles. The van der Waals surface area contributed by atoms with Crippen LogP contribution in [0.25, 0.3) is 0 Å². The summed E-state index contributed by atoms with van der Waals surface area (Å²) >= 11 is 0. The summed E-state index contributed by atoms with van der Waals surface area (Å²) in [5.41, 5.74) is -0.478. The highest BCUT2D eigenvalue weighted by atomic mass is 16.5. The minimum Gasteiger partial charge on any atom is -0.371 e. The molecule has 1 aromatic rings. The Kier molecular flexibility index (Phi) is 2.61. The predicted molar refractivity (Wildman–Crippen MR) is 55.4 cm³/mol. The van der Waals surface area contributed by atoms with E-state index in [1.807, 2.05) is 13.8 Å². The average Bonchev–Trinajstić information content (AvgIpc) is 2.88. The molecule has 0 radical (unpaired) electrons. The molecular formula is C11H16N2O2. The molecule has 0 bridgehead atoms. The van der Waals surface area contributed by atoms with Gasteiger partial charge in [0.25, 0.3) is 0 Å². The Balaban J connectivity index is 2.16. The van der Waals surface area contributed by atoms with E-state index in [9.17, 15) is 0 Å². The number of methoxy groups -OCH3 is 1. The molecule has 0 saturated carbocycles. The number of rotatable bonds is 3. The molecule has 1 aromatic heterocycles. The molecule has 4 heteroatoms. The van der Waals surface area contributed by atoms with Gasteiger partial charge in [-0.1, -0.05) is 17.3 Å². The quantitative estimate of drug-likeness (QED) is 0.715. The summed E-state index contributed by atoms with van der Waals surface area (Å²) < 4.78 is 10.6. The van der Waals surface area contributed by atoms with Gasteiger partial charge in [0.05, 0.1) is 0 Å². The summed E-state index contributed by atoms with van der Waals surface area (Å²) in [5.74, 6) is 1.70. The van der Waals surface area contributed by atoms with Gasteiger partial charge in [-0.3, -0.25) is 0 Å². The molecule has 0 amide bonds. The second-order valence-corrected chi connectivity index (χ2v) is 4.31. The number of ether oxygens (including phenoxy) is 1. The first-order valence-corrected chi connectivity index (χ1v) is 5.17. The summed E-state index contributed by atoms with van der Waals surface area (Å²) in [6, 6.07) is 0. The lowest BCUT2D eigenvalue weighted by Gasteiger charge is -2.17. The highest BCUT2D eigenvalue weighted by Crippen LogP contribution is 2.29. The number of aromatic nitrogens is 2. The Morgan fingerprint density at radius 3 is 2.67 bits per heavy atom. The van der Waals surface area contributed by atoms with Gasteiger partial charge in [0, 0.05) is 13.0 Å². The van der Waals surface area contributed by atoms with Gasteiger partial charge in [-0.2, -0.15) is 4.98 Å². The number of allylic oxidation sites excluding steroid dienone is 2. The Hall–Kier alpha value is -1.16. The fourth-order valence-electron chi connectivity index (χ4n) is 1.56. The van der Waals surface area contributed by atoms with E-state index < -0.39 is 5.60 Å². The highest BCUT2D eigenvalue weighted by Gasteiger charge is 2.28. The first-order valence-electron chi connectivity index (χ1n) is 5.17. The van der Waals surface area contributed by atoms with Crippen molar-refractivity contribution in [2.75, 3.05) is 7.11 Å². The summed E-state index contributed by atoms with van der Waals surface area (Å²) in [4.78, 5) is 4.39. The number of hydrogen-bond acceptors (Lipinski definition) is 4. The van der Waals surface area contributed by atoms with E-state index in [1.54, 1.807) is 7.11 Å². The van der Waals surface area contributed by atoms with Crippen LogP contribution in [0.2, 0.25) is 0 Å². The van der Waals surface area contributed by atoms with Gasteiger partial charge in [-0.05, 0) is 26.7 Å². The van der Waals surface area contributed by atoms with Crippen molar-refractivity contribution in [3.8, 4) is 0 Å². The molecule has 4 nitrogen and oxygen atoms in total. The average molecular weight is 208 g/mol. The molecule has 1 heterocycles. The van der Waals surface area contributed by atoms with Gasteiger partial charge in [-0.15, -0.1) is 0 Å². The SMILES string of the molecule is COC(C)(C)c1noc(C2CC=CC2)n1. The van der Waals surface area contributed by atoms with Crippen molar-refractivity contribution in [1.29, 1.82) is 0 Å². The maximum absolute atomic E-state index is 5.30. The van der Waals surface area contributed by atoms with E-state index in [1.165, 1.54) is 0 Å². The molecule has 0 saturated heterocycles. The first-order chi connectivity index (χ1) is 7.13. The van der Waals surface area contributed by atoms with Gasteiger partial charge in [0.2, 0.25) is 11.7 Å². The Morgan fingerprint density at radius 2 is 2.07 bits per heavy atom. The number of nitrogens with zero attached hydrogens (tertiary/aromatic N) is 2. The third-order valence-electron chi connectivity index (χ3n) is 2.85. The zero-order chi connectivity index (χ0) is 10.9. The van der Waals surface area contributed by atoms with E-state index in [0.717, 1.165) is 18.7 Å². The molecule has 0 aromatic carbocycles. The highest BCUT2D eigenvalue weighted by molar-refractivity contribution is 5.08. The van der Waals surface area contributed by atoms with Crippen LogP contribution in [-0.2, 0) is 10.3 Å². The molecular weight excluding hydrogens is 192 g/mol. The second-order valence-electron chi connectivity index (χ2n) is 4.31. The van der Waals surface area contributed by atoms with E-state index in [2.05, 4.69) is 22.3 Å². The van der Waals surface area contributed by atoms with Crippen LogP contribution in [0.4, 0.5) is 0 Å². The van der Waals surface area contributed by atoms with E-state index >= 15 is 0 Å². The summed E-state index contributed by atoms with van der Waals surface area (Å²) in [5, 5.41) is 3.96. The number of hydrogen-bond donors (Lipinski definition) is 0. The molecule has 0 fully saturated rings. The fourth-order valence-corrected chi connectivity index (χ4v) is 1.56. The van der Waals surface area contributed by atoms with Gasteiger partial charge in [-0.25, -0.2) is 0 Å². The molecule has 0 aliphatic heterocycles. The van der Waals surface area contributed by atoms with Crippen LogP contribution in [0.5, 0.6) is 0 Å². The molecule has 0 atom stereocenters. The topological polar surface area (TPSA) is 48.2 Å². The largest absolute Gasteiger partial charge is 0.371 e. The first kappa shape index (κ1) is 10.4. The lowest BCUT2D eigenvalue weighted by molar-refractivity contribution is 0.00973. The Bertz CT molecular complexity index is 360. The Morgan fingerprint density at radius 1 is 1.40 bits per heavy atom. The van der Waals surface area contributed by atoms with Gasteiger partial charge in [0.15, 0.2) is 0 Å². The van der Waals surface area contributed by atoms with Gasteiger partial charge < -0.3 is 9.26 Å². The molecule has 15 heavy (non-hydrogen) atoms. The van der Waals surface area contributed by atoms with Crippen LogP contribution >= 0.6 is 0 Å². The maximum Gasteiger partial charge on any atom is 0.230 e. The minimum absolute atomic E-state index is 0.360. The van der Waals surface area contributed by atoms with Crippen LogP contribution in [0.15, 0.2) is 16.7 Å². The van der Waals surface area contributed by atoms with Crippen molar-refractivity contribution in [3.63, 3.8) is 0 Å². The molecule has 2 rings (SSSR count). The fraction of sp³-hybridized carbons (Fsp3) is 0.636. The Labute approximate surface area is 89.3 Å². The third kappa shape index (κ3) is 1.95. The van der Waals surface area contributed by atoms with Crippen molar-refractivity contribution in [1.82, 2.24) is 10.1 Å². The van der Waals surface area contributed by atoms with Crippen molar-refractivity contribution in [2.45, 2.75) is 38.2 Å². The normalized spacial score (nSPS) is 17.5. The van der Waals surface area contributed by atoms with E-state index in [0.29, 0.717) is 11.7 Å². The van der Waals surface area contributed by atoms with Crippen LogP contribution in [0, 0.1) is 0 Å². The van der Waals surface area contributed by atoms with Gasteiger partial charge in [0.1, 0.15) is 5.60 Å². The van der Waals surface area contributed by atoms with Crippen LogP contribution in [0.1, 0.15) is 44.3 Å². The zero-order valence-corrected chi connectivity index (χ0v) is 9.36. The van der Waals surface area contributed by atoms with Crippen molar-refractivity contribution < 1.29 is 9.26 Å². The lowest BCUT2D eigenvalue weighted by Crippen LogP contribution is -2.21. The molecule has 1 aliphatic rings. The zero-order valence-electron chi connectivity index (χ0n) is 9.36. The van der Waals surface area contributed by atoms with Gasteiger partial charge >= 0.3 is 0 Å². The predicted octanol–water partition coefficient (Wildman–Crippen LogP) is 2.38. The summed E-state index contributed by atoms with van der Waals surface area (Å²) in [7, 11) is 1.65. The van der Waals surface area contributed by atoms with Crippen LogP contribution in [0.3, 0.4) is 0 Å². The monoisotopic (exact) mass is 208 g/mol. The summed E-state index contributed by atoms with van der Waals surface area (Å²) in [6.45, 7) is 3.85. The van der Waals surface area contributed by atoms with Crippen LogP contribution in [-0.4, -0.2) is 17.3 Å². The maximum atomic E-state index is 5.30. The minimum atomic E-state index is -0.478.